The molecule has 1 N–H and O–H groups in total. The van der Waals surface area contributed by atoms with Gasteiger partial charge in [0.25, 0.3) is 0 Å². The predicted molar refractivity (Wildman–Crippen MR) is 125 cm³/mol. The van der Waals surface area contributed by atoms with E-state index >= 15 is 0 Å². The first-order valence-corrected chi connectivity index (χ1v) is 13.7. The standard InChI is InChI=1S/C26H41N3O5/c1-16-10-19-22(34-16)12-20-24(30)29(13-17-8-9-21-23(11-17)33-15-32-21)26(2,14-28(19)20)25(31)27-18-6-4-3-5-7-18/h16-23H,3-15H2,1-2H3,(H,27,31). The van der Waals surface area contributed by atoms with Crippen molar-refractivity contribution in [1.29, 1.82) is 0 Å². The van der Waals surface area contributed by atoms with E-state index in [0.29, 0.717) is 25.8 Å². The van der Waals surface area contributed by atoms with Gasteiger partial charge in [-0.05, 0) is 64.7 Å². The highest BCUT2D eigenvalue weighted by Gasteiger charge is 2.59. The number of amides is 2. The van der Waals surface area contributed by atoms with Crippen LogP contribution < -0.4 is 5.32 Å². The minimum atomic E-state index is -0.865. The summed E-state index contributed by atoms with van der Waals surface area (Å²) in [4.78, 5) is 32.2. The summed E-state index contributed by atoms with van der Waals surface area (Å²) in [6, 6.07) is 0.307. The predicted octanol–water partition coefficient (Wildman–Crippen LogP) is 2.20. The van der Waals surface area contributed by atoms with Gasteiger partial charge in [-0.25, -0.2) is 0 Å². The number of fused-ring (bicyclic) bond motifs is 4. The Labute approximate surface area is 203 Å². The molecule has 0 bridgehead atoms. The molecule has 2 aliphatic carbocycles. The fourth-order valence-electron chi connectivity index (χ4n) is 7.68. The highest BCUT2D eigenvalue weighted by molar-refractivity contribution is 5.95. The number of nitrogens with zero attached hydrogens (tertiary/aromatic N) is 2. The van der Waals surface area contributed by atoms with E-state index in [0.717, 1.165) is 44.9 Å². The minimum absolute atomic E-state index is 0.0238. The number of hydrogen-bond donors (Lipinski definition) is 1. The van der Waals surface area contributed by atoms with Gasteiger partial charge in [-0.3, -0.25) is 14.5 Å². The first-order valence-electron chi connectivity index (χ1n) is 13.7. The van der Waals surface area contributed by atoms with Crippen molar-refractivity contribution in [1.82, 2.24) is 15.1 Å². The molecule has 8 heteroatoms. The van der Waals surface area contributed by atoms with Gasteiger partial charge >= 0.3 is 0 Å². The van der Waals surface area contributed by atoms with Crippen LogP contribution in [-0.4, -0.2) is 89.6 Å². The molecule has 2 amide bonds. The van der Waals surface area contributed by atoms with Crippen LogP contribution in [0, 0.1) is 5.92 Å². The molecule has 0 aromatic carbocycles. The first kappa shape index (κ1) is 23.2. The number of carbonyl (C=O) groups excluding carboxylic acids is 2. The molecule has 6 aliphatic rings. The van der Waals surface area contributed by atoms with Crippen LogP contribution in [0.2, 0.25) is 0 Å². The van der Waals surface area contributed by atoms with Gasteiger partial charge in [-0.15, -0.1) is 0 Å². The van der Waals surface area contributed by atoms with Crippen molar-refractivity contribution in [3.63, 3.8) is 0 Å². The minimum Gasteiger partial charge on any atom is -0.374 e. The van der Waals surface area contributed by atoms with Crippen molar-refractivity contribution in [2.45, 2.75) is 126 Å². The molecule has 4 heterocycles. The number of piperazine rings is 1. The summed E-state index contributed by atoms with van der Waals surface area (Å²) in [5, 5.41) is 3.37. The van der Waals surface area contributed by atoms with E-state index in [2.05, 4.69) is 17.1 Å². The Hall–Kier alpha value is -1.22. The highest BCUT2D eigenvalue weighted by atomic mass is 16.7. The second-order valence-electron chi connectivity index (χ2n) is 12.0. The monoisotopic (exact) mass is 475 g/mol. The lowest BCUT2D eigenvalue weighted by atomic mass is 9.82. The Balaban J connectivity index is 1.24. The number of carbonyl (C=O) groups is 2. The first-order chi connectivity index (χ1) is 16.4. The van der Waals surface area contributed by atoms with Crippen molar-refractivity contribution in [2.24, 2.45) is 5.92 Å². The Morgan fingerprint density at radius 2 is 1.82 bits per heavy atom. The third kappa shape index (κ3) is 3.98. The molecule has 34 heavy (non-hydrogen) atoms. The van der Waals surface area contributed by atoms with Crippen LogP contribution in [0.1, 0.15) is 78.1 Å². The van der Waals surface area contributed by atoms with Crippen LogP contribution in [0.4, 0.5) is 0 Å². The molecule has 8 atom stereocenters. The molecule has 0 radical (unpaired) electrons. The third-order valence-corrected chi connectivity index (χ3v) is 9.60. The van der Waals surface area contributed by atoms with Gasteiger partial charge in [-0.2, -0.15) is 0 Å². The maximum atomic E-state index is 14.0. The van der Waals surface area contributed by atoms with Crippen LogP contribution in [0.3, 0.4) is 0 Å². The number of rotatable bonds is 4. The van der Waals surface area contributed by atoms with Crippen LogP contribution in [0.5, 0.6) is 0 Å². The van der Waals surface area contributed by atoms with Gasteiger partial charge in [0.2, 0.25) is 11.8 Å². The van der Waals surface area contributed by atoms with Crippen molar-refractivity contribution in [3.8, 4) is 0 Å². The quantitative estimate of drug-likeness (QED) is 0.672. The lowest BCUT2D eigenvalue weighted by Gasteiger charge is -2.51. The zero-order valence-electron chi connectivity index (χ0n) is 20.7. The zero-order valence-corrected chi connectivity index (χ0v) is 20.7. The maximum absolute atomic E-state index is 14.0. The fraction of sp³-hybridized carbons (Fsp3) is 0.923. The van der Waals surface area contributed by atoms with Gasteiger partial charge < -0.3 is 24.4 Å². The van der Waals surface area contributed by atoms with E-state index in [4.69, 9.17) is 14.2 Å². The summed E-state index contributed by atoms with van der Waals surface area (Å²) in [5.74, 6) is 0.470. The topological polar surface area (TPSA) is 80.3 Å². The Kier molecular flexibility index (Phi) is 6.15. The van der Waals surface area contributed by atoms with E-state index in [-0.39, 0.29) is 54.4 Å². The van der Waals surface area contributed by atoms with Crippen molar-refractivity contribution >= 4 is 11.8 Å². The van der Waals surface area contributed by atoms with Gasteiger partial charge in [0.05, 0.1) is 30.5 Å². The van der Waals surface area contributed by atoms with Crippen LogP contribution in [-0.2, 0) is 23.8 Å². The second kappa shape index (κ2) is 9.02. The average Bonchev–Trinajstić information content (AvgIpc) is 3.52. The van der Waals surface area contributed by atoms with Crippen LogP contribution in [0.15, 0.2) is 0 Å². The molecule has 0 aromatic heterocycles. The van der Waals surface area contributed by atoms with Crippen molar-refractivity contribution in [2.75, 3.05) is 19.9 Å². The number of nitrogens with one attached hydrogen (secondary N) is 1. The molecule has 6 rings (SSSR count). The van der Waals surface area contributed by atoms with Gasteiger partial charge in [-0.1, -0.05) is 19.3 Å². The van der Waals surface area contributed by atoms with Crippen LogP contribution >= 0.6 is 0 Å². The summed E-state index contributed by atoms with van der Waals surface area (Å²) < 4.78 is 17.7. The molecular formula is C26H41N3O5. The van der Waals surface area contributed by atoms with Crippen molar-refractivity contribution in [3.05, 3.63) is 0 Å². The Morgan fingerprint density at radius 1 is 1.03 bits per heavy atom. The van der Waals surface area contributed by atoms with E-state index in [1.165, 1.54) is 19.3 Å². The van der Waals surface area contributed by atoms with Gasteiger partial charge in [0.15, 0.2) is 0 Å². The molecule has 6 fully saturated rings. The largest absolute Gasteiger partial charge is 0.374 e. The molecular weight excluding hydrogens is 434 g/mol. The van der Waals surface area contributed by atoms with Crippen LogP contribution in [0.25, 0.3) is 0 Å². The summed E-state index contributed by atoms with van der Waals surface area (Å²) in [7, 11) is 0. The van der Waals surface area contributed by atoms with E-state index in [1.54, 1.807) is 0 Å². The van der Waals surface area contributed by atoms with E-state index < -0.39 is 5.54 Å². The fourth-order valence-corrected chi connectivity index (χ4v) is 7.68. The summed E-state index contributed by atoms with van der Waals surface area (Å²) >= 11 is 0. The third-order valence-electron chi connectivity index (χ3n) is 9.60. The van der Waals surface area contributed by atoms with E-state index in [1.807, 2.05) is 11.8 Å². The second-order valence-corrected chi connectivity index (χ2v) is 12.0. The normalized spacial score (nSPS) is 45.2. The van der Waals surface area contributed by atoms with Gasteiger partial charge in [0.1, 0.15) is 12.3 Å². The SMILES string of the molecule is CC1CC2C(CC3C(=O)N(CC4CCC5OCOC5C4)C(C)(C(=O)NC4CCCCC4)CN32)O1. The van der Waals surface area contributed by atoms with Gasteiger partial charge in [0, 0.05) is 25.2 Å². The zero-order chi connectivity index (χ0) is 23.4. The molecule has 2 saturated carbocycles. The summed E-state index contributed by atoms with van der Waals surface area (Å²) in [6.07, 6.45) is 10.9. The average molecular weight is 476 g/mol. The lowest BCUT2D eigenvalue weighted by Crippen LogP contribution is -2.72. The molecule has 0 aromatic rings. The smallest absolute Gasteiger partial charge is 0.247 e. The lowest BCUT2D eigenvalue weighted by molar-refractivity contribution is -0.162. The summed E-state index contributed by atoms with van der Waals surface area (Å²) in [6.45, 7) is 5.72. The molecule has 8 nitrogen and oxygen atoms in total. The number of hydrogen-bond acceptors (Lipinski definition) is 6. The van der Waals surface area contributed by atoms with Crippen molar-refractivity contribution < 1.29 is 23.8 Å². The number of ether oxygens (including phenoxy) is 3. The Morgan fingerprint density at radius 3 is 2.65 bits per heavy atom. The Bertz CT molecular complexity index is 803. The summed E-state index contributed by atoms with van der Waals surface area (Å²) in [5.41, 5.74) is -0.865. The highest BCUT2D eigenvalue weighted by Crippen LogP contribution is 2.43. The molecule has 190 valence electrons. The molecule has 4 saturated heterocycles. The molecule has 8 unspecified atom stereocenters. The molecule has 0 spiro atoms. The van der Waals surface area contributed by atoms with E-state index in [9.17, 15) is 9.59 Å². The molecule has 4 aliphatic heterocycles. The maximum Gasteiger partial charge on any atom is 0.247 e.